The van der Waals surface area contributed by atoms with Gasteiger partial charge in [0.25, 0.3) is 0 Å². The summed E-state index contributed by atoms with van der Waals surface area (Å²) in [5.74, 6) is 0. The number of aromatic nitrogens is 2. The van der Waals surface area contributed by atoms with Crippen LogP contribution in [0.1, 0.15) is 42.1 Å². The van der Waals surface area contributed by atoms with Gasteiger partial charge in [0.1, 0.15) is 10.0 Å². The molecule has 19 heavy (non-hydrogen) atoms. The molecule has 0 radical (unpaired) electrons. The molecule has 2 heterocycles. The van der Waals surface area contributed by atoms with E-state index in [0.717, 1.165) is 35.8 Å². The molecule has 104 valence electrons. The van der Waals surface area contributed by atoms with Gasteiger partial charge in [0.05, 0.1) is 0 Å². The van der Waals surface area contributed by atoms with Gasteiger partial charge < -0.3 is 5.32 Å². The normalized spacial score (nSPS) is 11.9. The second kappa shape index (κ2) is 6.59. The fourth-order valence-corrected chi connectivity index (χ4v) is 3.44. The van der Waals surface area contributed by atoms with E-state index in [0.29, 0.717) is 0 Å². The minimum absolute atomic E-state index is 0.200. The first-order chi connectivity index (χ1) is 9.03. The highest BCUT2D eigenvalue weighted by Gasteiger charge is 2.09. The molecule has 0 aliphatic heterocycles. The maximum Gasteiger partial charge on any atom is 0.122 e. The maximum absolute atomic E-state index is 4.28. The molecule has 1 N–H and O–H groups in total. The van der Waals surface area contributed by atoms with Gasteiger partial charge in [-0.15, -0.1) is 32.9 Å². The number of rotatable bonds is 6. The molecule has 2 aromatic rings. The highest BCUT2D eigenvalue weighted by Crippen LogP contribution is 2.18. The van der Waals surface area contributed by atoms with E-state index in [1.807, 2.05) is 0 Å². The van der Waals surface area contributed by atoms with Crippen LogP contribution in [0.5, 0.6) is 0 Å². The Labute approximate surface area is 123 Å². The van der Waals surface area contributed by atoms with Gasteiger partial charge in [0, 0.05) is 23.3 Å². The Hall–Kier alpha value is -0.780. The lowest BCUT2D eigenvalue weighted by molar-refractivity contribution is 0.422. The van der Waals surface area contributed by atoms with Crippen molar-refractivity contribution in [1.82, 2.24) is 15.5 Å². The average molecular weight is 295 g/mol. The summed E-state index contributed by atoms with van der Waals surface area (Å²) in [5.41, 5.74) is 0.200. The molecule has 0 spiro atoms. The lowest BCUT2D eigenvalue weighted by Gasteiger charge is -2.20. The molecular weight excluding hydrogens is 274 g/mol. The van der Waals surface area contributed by atoms with E-state index in [9.17, 15) is 0 Å². The molecule has 0 atom stereocenters. The monoisotopic (exact) mass is 295 g/mol. The van der Waals surface area contributed by atoms with Crippen LogP contribution in [0.25, 0.3) is 0 Å². The molecule has 0 saturated carbocycles. The number of hydrogen-bond acceptors (Lipinski definition) is 5. The van der Waals surface area contributed by atoms with Gasteiger partial charge in [0.2, 0.25) is 0 Å². The molecule has 0 aromatic carbocycles. The van der Waals surface area contributed by atoms with Crippen molar-refractivity contribution in [3.63, 3.8) is 0 Å². The van der Waals surface area contributed by atoms with Crippen molar-refractivity contribution in [2.24, 2.45) is 0 Å². The molecule has 2 rings (SSSR count). The van der Waals surface area contributed by atoms with Crippen molar-refractivity contribution in [2.75, 3.05) is 6.54 Å². The van der Waals surface area contributed by atoms with Crippen LogP contribution in [0.15, 0.2) is 17.5 Å². The van der Waals surface area contributed by atoms with Crippen molar-refractivity contribution in [3.05, 3.63) is 32.4 Å². The van der Waals surface area contributed by atoms with Crippen LogP contribution in [-0.4, -0.2) is 22.3 Å². The minimum Gasteiger partial charge on any atom is -0.312 e. The van der Waals surface area contributed by atoms with E-state index in [1.54, 1.807) is 22.7 Å². The summed E-state index contributed by atoms with van der Waals surface area (Å²) >= 11 is 3.53. The van der Waals surface area contributed by atoms with E-state index in [4.69, 9.17) is 0 Å². The lowest BCUT2D eigenvalue weighted by Crippen LogP contribution is -2.36. The molecule has 0 fully saturated rings. The molecule has 2 aromatic heterocycles. The summed E-state index contributed by atoms with van der Waals surface area (Å²) < 4.78 is 0. The molecule has 5 heteroatoms. The van der Waals surface area contributed by atoms with Crippen LogP contribution >= 0.6 is 22.7 Å². The van der Waals surface area contributed by atoms with Gasteiger partial charge in [-0.1, -0.05) is 6.07 Å². The first-order valence-electron chi connectivity index (χ1n) is 6.61. The predicted octanol–water partition coefficient (Wildman–Crippen LogP) is 3.51. The number of nitrogens with one attached hydrogen (secondary N) is 1. The number of aryl methyl sites for hydroxylation is 1. The molecule has 0 saturated heterocycles. The maximum atomic E-state index is 4.28. The van der Waals surface area contributed by atoms with Gasteiger partial charge in [-0.05, 0) is 45.2 Å². The van der Waals surface area contributed by atoms with Crippen molar-refractivity contribution >= 4 is 22.7 Å². The van der Waals surface area contributed by atoms with Crippen molar-refractivity contribution in [2.45, 2.75) is 45.6 Å². The minimum atomic E-state index is 0.200. The molecule has 0 aliphatic carbocycles. The van der Waals surface area contributed by atoms with Crippen LogP contribution < -0.4 is 5.32 Å². The molecule has 0 aliphatic rings. The number of nitrogens with zero attached hydrogens (tertiary/aromatic N) is 2. The third kappa shape index (κ3) is 5.38. The van der Waals surface area contributed by atoms with E-state index in [-0.39, 0.29) is 5.54 Å². The Morgan fingerprint density at radius 2 is 2.00 bits per heavy atom. The standard InChI is InChI=1S/C14H21N3S2/c1-14(2,3)15-8-4-7-12-16-17-13(19-12)10-11-6-5-9-18-11/h5-6,9,15H,4,7-8,10H2,1-3H3. The third-order valence-corrected chi connectivity index (χ3v) is 4.50. The zero-order valence-corrected chi connectivity index (χ0v) is 13.4. The Morgan fingerprint density at radius 1 is 1.21 bits per heavy atom. The topological polar surface area (TPSA) is 37.8 Å². The summed E-state index contributed by atoms with van der Waals surface area (Å²) in [6, 6.07) is 4.24. The highest BCUT2D eigenvalue weighted by molar-refractivity contribution is 7.12. The fraction of sp³-hybridized carbons (Fsp3) is 0.571. The third-order valence-electron chi connectivity index (χ3n) is 2.64. The Morgan fingerprint density at radius 3 is 2.68 bits per heavy atom. The second-order valence-electron chi connectivity index (χ2n) is 5.63. The molecular formula is C14H21N3S2. The quantitative estimate of drug-likeness (QED) is 0.829. The van der Waals surface area contributed by atoms with Crippen molar-refractivity contribution in [3.8, 4) is 0 Å². The predicted molar refractivity (Wildman–Crippen MR) is 83.1 cm³/mol. The van der Waals surface area contributed by atoms with Crippen molar-refractivity contribution < 1.29 is 0 Å². The van der Waals surface area contributed by atoms with Gasteiger partial charge in [0.15, 0.2) is 0 Å². The fourth-order valence-electron chi connectivity index (χ4n) is 1.73. The smallest absolute Gasteiger partial charge is 0.122 e. The first-order valence-corrected chi connectivity index (χ1v) is 8.31. The van der Waals surface area contributed by atoms with Crippen LogP contribution in [0, 0.1) is 0 Å². The number of hydrogen-bond donors (Lipinski definition) is 1. The van der Waals surface area contributed by atoms with Gasteiger partial charge >= 0.3 is 0 Å². The van der Waals surface area contributed by atoms with Crippen LogP contribution in [-0.2, 0) is 12.8 Å². The number of thiophene rings is 1. The molecule has 0 bridgehead atoms. The molecule has 0 unspecified atom stereocenters. The summed E-state index contributed by atoms with van der Waals surface area (Å²) in [7, 11) is 0. The van der Waals surface area contributed by atoms with Crippen LogP contribution in [0.3, 0.4) is 0 Å². The second-order valence-corrected chi connectivity index (χ2v) is 7.80. The first kappa shape index (κ1) is 14.6. The lowest BCUT2D eigenvalue weighted by atomic mass is 10.1. The Bertz CT molecular complexity index is 483. The van der Waals surface area contributed by atoms with Gasteiger partial charge in [-0.2, -0.15) is 0 Å². The summed E-state index contributed by atoms with van der Waals surface area (Å²) in [4.78, 5) is 1.36. The Balaban J connectivity index is 1.75. The van der Waals surface area contributed by atoms with Crippen molar-refractivity contribution in [1.29, 1.82) is 0 Å². The highest BCUT2D eigenvalue weighted by atomic mass is 32.1. The average Bonchev–Trinajstić information content (AvgIpc) is 2.96. The van der Waals surface area contributed by atoms with Crippen LogP contribution in [0.2, 0.25) is 0 Å². The summed E-state index contributed by atoms with van der Waals surface area (Å²) in [5, 5.41) is 16.4. The zero-order valence-electron chi connectivity index (χ0n) is 11.8. The van der Waals surface area contributed by atoms with E-state index >= 15 is 0 Å². The van der Waals surface area contributed by atoms with Gasteiger partial charge in [-0.25, -0.2) is 0 Å². The van der Waals surface area contributed by atoms with E-state index in [2.05, 4.69) is 53.8 Å². The van der Waals surface area contributed by atoms with Gasteiger partial charge in [-0.3, -0.25) is 0 Å². The summed E-state index contributed by atoms with van der Waals surface area (Å²) in [6.07, 6.45) is 3.06. The molecule has 3 nitrogen and oxygen atoms in total. The largest absolute Gasteiger partial charge is 0.312 e. The SMILES string of the molecule is CC(C)(C)NCCCc1nnc(Cc2cccs2)s1. The van der Waals surface area contributed by atoms with Crippen LogP contribution in [0.4, 0.5) is 0 Å². The van der Waals surface area contributed by atoms with E-state index in [1.165, 1.54) is 4.88 Å². The molecule has 0 amide bonds. The zero-order chi connectivity index (χ0) is 13.7. The Kier molecular flexibility index (Phi) is 5.07. The van der Waals surface area contributed by atoms with E-state index < -0.39 is 0 Å². The summed E-state index contributed by atoms with van der Waals surface area (Å²) in [6.45, 7) is 7.61.